The lowest BCUT2D eigenvalue weighted by Gasteiger charge is -2.54. The van der Waals surface area contributed by atoms with Crippen molar-refractivity contribution in [2.24, 2.45) is 27.1 Å². The van der Waals surface area contributed by atoms with Gasteiger partial charge in [0, 0.05) is 10.8 Å². The monoisotopic (exact) mass is 730 g/mol. The fraction of sp³-hybridized carbons (Fsp3) is 0.714. The van der Waals surface area contributed by atoms with Crippen LogP contribution in [-0.4, -0.2) is 17.1 Å². The van der Waals surface area contributed by atoms with Gasteiger partial charge in [-0.1, -0.05) is 164 Å². The number of nitrogens with zero attached hydrogens (tertiary/aromatic N) is 1. The average Bonchev–Trinajstić information content (AvgIpc) is 3.20. The number of rotatable bonds is 25. The zero-order valence-corrected chi connectivity index (χ0v) is 36.2. The predicted octanol–water partition coefficient (Wildman–Crippen LogP) is 14.5. The van der Waals surface area contributed by atoms with Crippen LogP contribution in [0.1, 0.15) is 185 Å². The minimum atomic E-state index is -0.605. The lowest BCUT2D eigenvalue weighted by Crippen LogP contribution is -2.45. The van der Waals surface area contributed by atoms with E-state index in [9.17, 15) is 9.59 Å². The molecule has 1 heterocycles. The average molecular weight is 730 g/mol. The maximum Gasteiger partial charge on any atom is 0.311 e. The fourth-order valence-electron chi connectivity index (χ4n) is 10.6. The first-order valence-corrected chi connectivity index (χ1v) is 22.0. The van der Waals surface area contributed by atoms with Gasteiger partial charge < -0.3 is 9.30 Å². The van der Waals surface area contributed by atoms with E-state index in [4.69, 9.17) is 4.74 Å². The Morgan fingerprint density at radius 2 is 1.00 bits per heavy atom. The third-order valence-electron chi connectivity index (χ3n) is 15.0. The second-order valence-electron chi connectivity index (χ2n) is 17.6. The van der Waals surface area contributed by atoms with E-state index in [0.29, 0.717) is 17.3 Å². The smallest absolute Gasteiger partial charge is 0.311 e. The van der Waals surface area contributed by atoms with Crippen molar-refractivity contribution in [3.05, 3.63) is 58.8 Å². The molecule has 4 nitrogen and oxygen atoms in total. The van der Waals surface area contributed by atoms with Crippen molar-refractivity contribution in [2.45, 2.75) is 192 Å². The quantitative estimate of drug-likeness (QED) is 0.0495. The molecule has 0 spiro atoms. The van der Waals surface area contributed by atoms with Crippen molar-refractivity contribution in [1.29, 1.82) is 0 Å². The molecule has 1 atom stereocenters. The highest BCUT2D eigenvalue weighted by atomic mass is 16.5. The Morgan fingerprint density at radius 1 is 0.566 bits per heavy atom. The molecule has 0 saturated heterocycles. The Hall–Kier alpha value is -2.62. The summed E-state index contributed by atoms with van der Waals surface area (Å²) in [4.78, 5) is 28.1. The Balaban J connectivity index is 2.12. The van der Waals surface area contributed by atoms with Crippen LogP contribution in [0.2, 0.25) is 0 Å². The SMILES string of the molecule is CCCCCC(CC)(CC)CC(CC(CC)(CC)CC)(CC(CC)(CC)CC)CC(C)(CC)C(=O)OCCn1c2ccccc2c(=O)c2ccccc21. The Labute approximate surface area is 325 Å². The van der Waals surface area contributed by atoms with Crippen molar-refractivity contribution in [2.75, 3.05) is 6.61 Å². The van der Waals surface area contributed by atoms with Gasteiger partial charge >= 0.3 is 5.97 Å². The number of carbonyl (C=O) groups is 1. The van der Waals surface area contributed by atoms with Gasteiger partial charge in [-0.3, -0.25) is 9.59 Å². The Morgan fingerprint density at radius 3 is 1.42 bits per heavy atom. The summed E-state index contributed by atoms with van der Waals surface area (Å²) in [6, 6.07) is 15.6. The van der Waals surface area contributed by atoms with Crippen molar-refractivity contribution in [3.63, 3.8) is 0 Å². The second-order valence-corrected chi connectivity index (χ2v) is 17.6. The fourth-order valence-corrected chi connectivity index (χ4v) is 10.6. The van der Waals surface area contributed by atoms with Crippen LogP contribution >= 0.6 is 0 Å². The summed E-state index contributed by atoms with van der Waals surface area (Å²) in [6.45, 7) is 26.9. The van der Waals surface area contributed by atoms with Gasteiger partial charge in [-0.25, -0.2) is 0 Å². The largest absolute Gasteiger partial charge is 0.463 e. The molecular formula is C49H79NO3. The summed E-state index contributed by atoms with van der Waals surface area (Å²) in [7, 11) is 0. The van der Waals surface area contributed by atoms with Crippen LogP contribution in [0.15, 0.2) is 53.3 Å². The van der Waals surface area contributed by atoms with E-state index in [-0.39, 0.29) is 39.7 Å². The van der Waals surface area contributed by atoms with E-state index in [1.165, 1.54) is 96.3 Å². The van der Waals surface area contributed by atoms with Gasteiger partial charge in [-0.15, -0.1) is 0 Å². The molecule has 1 unspecified atom stereocenters. The number of hydrogen-bond acceptors (Lipinski definition) is 3. The minimum absolute atomic E-state index is 0.0111. The van der Waals surface area contributed by atoms with Crippen molar-refractivity contribution < 1.29 is 9.53 Å². The summed E-state index contributed by atoms with van der Waals surface area (Å²) in [5, 5.41) is 1.40. The molecule has 298 valence electrons. The van der Waals surface area contributed by atoms with Crippen molar-refractivity contribution >= 4 is 27.8 Å². The van der Waals surface area contributed by atoms with E-state index < -0.39 is 5.41 Å². The topological polar surface area (TPSA) is 48.3 Å². The van der Waals surface area contributed by atoms with Gasteiger partial charge in [0.1, 0.15) is 6.61 Å². The number of fused-ring (bicyclic) bond motifs is 2. The van der Waals surface area contributed by atoms with Gasteiger partial charge in [-0.2, -0.15) is 0 Å². The molecule has 53 heavy (non-hydrogen) atoms. The molecule has 3 rings (SSSR count). The lowest BCUT2D eigenvalue weighted by atomic mass is 9.51. The number of esters is 1. The zero-order valence-electron chi connectivity index (χ0n) is 36.2. The van der Waals surface area contributed by atoms with E-state index in [1.54, 1.807) is 0 Å². The first-order chi connectivity index (χ1) is 25.3. The number of hydrogen-bond donors (Lipinski definition) is 0. The molecule has 0 bridgehead atoms. The van der Waals surface area contributed by atoms with Crippen LogP contribution in [0.5, 0.6) is 0 Å². The first-order valence-electron chi connectivity index (χ1n) is 22.0. The molecule has 0 saturated carbocycles. The molecule has 0 fully saturated rings. The standard InChI is InChI=1S/C49H79NO3/c1-12-22-27-32-48(20-9,21-10)38-49(36-46(14-3,15-4)16-5,37-47(17-6,18-7)19-8)35-45(11,13-2)44(52)53-34-33-50-41-30-25-23-28-39(41)43(51)40-29-24-26-31-42(40)50/h23-26,28-31H,12-22,27,32-38H2,1-11H3. The van der Waals surface area contributed by atoms with Gasteiger partial charge in [-0.05, 0) is 91.4 Å². The molecule has 4 heteroatoms. The maximum absolute atomic E-state index is 14.7. The number of aromatic nitrogens is 1. The van der Waals surface area contributed by atoms with E-state index >= 15 is 0 Å². The number of carbonyl (C=O) groups excluding carboxylic acids is 1. The zero-order chi connectivity index (χ0) is 39.3. The van der Waals surface area contributed by atoms with Crippen LogP contribution in [0, 0.1) is 27.1 Å². The number of para-hydroxylation sites is 2. The first kappa shape index (κ1) is 44.8. The molecule has 0 aliphatic heterocycles. The van der Waals surface area contributed by atoms with Gasteiger partial charge in [0.15, 0.2) is 5.43 Å². The van der Waals surface area contributed by atoms with Crippen molar-refractivity contribution in [3.8, 4) is 0 Å². The van der Waals surface area contributed by atoms with Gasteiger partial charge in [0.25, 0.3) is 0 Å². The van der Waals surface area contributed by atoms with Gasteiger partial charge in [0.05, 0.1) is 23.0 Å². The highest BCUT2D eigenvalue weighted by molar-refractivity contribution is 5.93. The summed E-state index contributed by atoms with van der Waals surface area (Å²) >= 11 is 0. The molecular weight excluding hydrogens is 651 g/mol. The normalized spacial score (nSPS) is 14.2. The molecule has 0 N–H and O–H groups in total. The molecule has 0 radical (unpaired) electrons. The second kappa shape index (κ2) is 19.8. The van der Waals surface area contributed by atoms with Crippen LogP contribution in [0.25, 0.3) is 21.8 Å². The minimum Gasteiger partial charge on any atom is -0.463 e. The number of unbranched alkanes of at least 4 members (excludes halogenated alkanes) is 2. The predicted molar refractivity (Wildman–Crippen MR) is 230 cm³/mol. The summed E-state index contributed by atoms with van der Waals surface area (Å²) < 4.78 is 8.58. The Kier molecular flexibility index (Phi) is 16.7. The van der Waals surface area contributed by atoms with Crippen molar-refractivity contribution in [1.82, 2.24) is 4.57 Å². The molecule has 0 aliphatic rings. The molecule has 0 aliphatic carbocycles. The summed E-state index contributed by atoms with van der Waals surface area (Å²) in [6.07, 6.45) is 19.7. The maximum atomic E-state index is 14.7. The Bertz CT molecular complexity index is 1520. The molecule has 0 amide bonds. The van der Waals surface area contributed by atoms with Crippen LogP contribution in [-0.2, 0) is 16.1 Å². The van der Waals surface area contributed by atoms with Crippen LogP contribution in [0.3, 0.4) is 0 Å². The van der Waals surface area contributed by atoms with E-state index in [2.05, 4.69) is 80.7 Å². The highest BCUT2D eigenvalue weighted by Crippen LogP contribution is 2.60. The number of ether oxygens (including phenoxy) is 1. The molecule has 3 aromatic rings. The third-order valence-corrected chi connectivity index (χ3v) is 15.0. The number of pyridine rings is 1. The van der Waals surface area contributed by atoms with Crippen LogP contribution < -0.4 is 5.43 Å². The third kappa shape index (κ3) is 10.2. The van der Waals surface area contributed by atoms with E-state index in [1.807, 2.05) is 48.5 Å². The van der Waals surface area contributed by atoms with Crippen LogP contribution in [0.4, 0.5) is 0 Å². The summed E-state index contributed by atoms with van der Waals surface area (Å²) in [5.74, 6) is -0.0613. The molecule has 1 aromatic heterocycles. The molecule has 2 aromatic carbocycles. The van der Waals surface area contributed by atoms with E-state index in [0.717, 1.165) is 23.9 Å². The summed E-state index contributed by atoms with van der Waals surface area (Å²) in [5.41, 5.74) is 1.99. The number of benzene rings is 2. The highest BCUT2D eigenvalue weighted by Gasteiger charge is 2.51. The lowest BCUT2D eigenvalue weighted by molar-refractivity contribution is -0.160. The van der Waals surface area contributed by atoms with Gasteiger partial charge in [0.2, 0.25) is 0 Å².